The predicted octanol–water partition coefficient (Wildman–Crippen LogP) is -2.38. The van der Waals surface area contributed by atoms with Gasteiger partial charge in [0, 0.05) is 31.2 Å². The number of nitrogens with one attached hydrogen (secondary N) is 4. The highest BCUT2D eigenvalue weighted by Crippen LogP contribution is 2.12. The third-order valence-corrected chi connectivity index (χ3v) is 5.42. The van der Waals surface area contributed by atoms with Gasteiger partial charge in [-0.25, -0.2) is 9.78 Å². The smallest absolute Gasteiger partial charge is 0.326 e. The van der Waals surface area contributed by atoms with Crippen LogP contribution in [0, 0.1) is 0 Å². The lowest BCUT2D eigenvalue weighted by atomic mass is 10.0. The van der Waals surface area contributed by atoms with Gasteiger partial charge in [0.2, 0.25) is 17.7 Å². The highest BCUT2D eigenvalue weighted by Gasteiger charge is 2.30. The lowest BCUT2D eigenvalue weighted by molar-refractivity contribution is -0.143. The van der Waals surface area contributed by atoms with E-state index in [1.807, 2.05) is 0 Å². The number of aliphatic carboxylic acids is 2. The molecule has 10 N–H and O–H groups in total. The van der Waals surface area contributed by atoms with Crippen LogP contribution in [0.1, 0.15) is 24.1 Å². The molecule has 2 rings (SSSR count). The molecule has 38 heavy (non-hydrogen) atoms. The van der Waals surface area contributed by atoms with E-state index in [9.17, 15) is 39.3 Å². The summed E-state index contributed by atoms with van der Waals surface area (Å²) in [6.45, 7) is -0.915. The van der Waals surface area contributed by atoms with Gasteiger partial charge in [-0.1, -0.05) is 12.1 Å². The van der Waals surface area contributed by atoms with Crippen LogP contribution in [0.4, 0.5) is 0 Å². The van der Waals surface area contributed by atoms with Gasteiger partial charge in [-0.15, -0.1) is 0 Å². The highest BCUT2D eigenvalue weighted by atomic mass is 16.4. The van der Waals surface area contributed by atoms with Gasteiger partial charge in [-0.05, 0) is 24.1 Å². The number of aliphatic hydroxyl groups is 1. The topological polar surface area (TPSA) is 257 Å². The number of carbonyl (C=O) groups excluding carboxylic acids is 3. The number of phenolic OH excluding ortho intramolecular Hbond substituents is 1. The Balaban J connectivity index is 2.14. The second kappa shape index (κ2) is 14.3. The molecular formula is C23H30N6O9. The first-order valence-electron chi connectivity index (χ1n) is 11.5. The average Bonchev–Trinajstić information content (AvgIpc) is 3.38. The van der Waals surface area contributed by atoms with E-state index >= 15 is 0 Å². The fourth-order valence-corrected chi connectivity index (χ4v) is 3.35. The second-order valence-corrected chi connectivity index (χ2v) is 8.39. The molecule has 0 radical (unpaired) electrons. The summed E-state index contributed by atoms with van der Waals surface area (Å²) in [5.41, 5.74) is 7.07. The van der Waals surface area contributed by atoms with Gasteiger partial charge in [0.1, 0.15) is 23.9 Å². The number of carboxylic acids is 2. The van der Waals surface area contributed by atoms with Crippen molar-refractivity contribution in [3.05, 3.63) is 48.0 Å². The number of aromatic amines is 1. The van der Waals surface area contributed by atoms with Gasteiger partial charge in [0.15, 0.2) is 0 Å². The molecule has 4 unspecified atom stereocenters. The highest BCUT2D eigenvalue weighted by molar-refractivity contribution is 5.94. The summed E-state index contributed by atoms with van der Waals surface area (Å²) in [5, 5.41) is 44.1. The molecule has 0 aliphatic carbocycles. The number of amides is 3. The van der Waals surface area contributed by atoms with E-state index in [-0.39, 0.29) is 18.6 Å². The molecule has 1 heterocycles. The lowest BCUT2D eigenvalue weighted by Gasteiger charge is -2.24. The summed E-state index contributed by atoms with van der Waals surface area (Å²) in [5.74, 6) is -5.42. The Morgan fingerprint density at radius 3 is 2.05 bits per heavy atom. The van der Waals surface area contributed by atoms with Gasteiger partial charge in [-0.3, -0.25) is 19.2 Å². The van der Waals surface area contributed by atoms with Gasteiger partial charge < -0.3 is 47.1 Å². The molecule has 0 aliphatic heterocycles. The largest absolute Gasteiger partial charge is 0.508 e. The molecule has 1 aromatic carbocycles. The second-order valence-electron chi connectivity index (χ2n) is 8.39. The number of aromatic nitrogens is 2. The number of hydrogen-bond donors (Lipinski definition) is 9. The third kappa shape index (κ3) is 9.51. The van der Waals surface area contributed by atoms with Crippen LogP contribution < -0.4 is 21.7 Å². The predicted molar refractivity (Wildman–Crippen MR) is 129 cm³/mol. The van der Waals surface area contributed by atoms with Crippen molar-refractivity contribution in [2.75, 3.05) is 6.61 Å². The number of benzene rings is 1. The number of H-pyrrole nitrogens is 1. The number of aliphatic hydroxyl groups excluding tert-OH is 1. The Kier molecular flexibility index (Phi) is 11.2. The number of hydrogen-bond acceptors (Lipinski definition) is 9. The number of nitrogens with two attached hydrogens (primary N) is 1. The number of aromatic hydroxyl groups is 1. The molecule has 4 atom stereocenters. The van der Waals surface area contributed by atoms with E-state index < -0.39 is 73.3 Å². The Hall–Kier alpha value is -4.50. The molecule has 1 aromatic heterocycles. The fraction of sp³-hybridized carbons (Fsp3) is 0.391. The van der Waals surface area contributed by atoms with Crippen molar-refractivity contribution in [3.8, 4) is 5.75 Å². The zero-order chi connectivity index (χ0) is 28.2. The average molecular weight is 535 g/mol. The molecule has 0 saturated heterocycles. The Labute approximate surface area is 216 Å². The minimum absolute atomic E-state index is 0.0201. The van der Waals surface area contributed by atoms with Crippen LogP contribution in [0.5, 0.6) is 5.75 Å². The lowest BCUT2D eigenvalue weighted by Crippen LogP contribution is -2.58. The molecule has 0 bridgehead atoms. The van der Waals surface area contributed by atoms with Crippen molar-refractivity contribution >= 4 is 29.7 Å². The number of rotatable bonds is 15. The van der Waals surface area contributed by atoms with Crippen molar-refractivity contribution < 1.29 is 44.4 Å². The van der Waals surface area contributed by atoms with Crippen LogP contribution in [0.15, 0.2) is 36.8 Å². The Morgan fingerprint density at radius 1 is 0.895 bits per heavy atom. The van der Waals surface area contributed by atoms with E-state index in [1.54, 1.807) is 0 Å². The Morgan fingerprint density at radius 2 is 1.50 bits per heavy atom. The summed E-state index contributed by atoms with van der Waals surface area (Å²) in [6.07, 6.45) is 1.96. The quantitative estimate of drug-likeness (QED) is 0.117. The van der Waals surface area contributed by atoms with Gasteiger partial charge >= 0.3 is 11.9 Å². The molecule has 2 aromatic rings. The van der Waals surface area contributed by atoms with Crippen LogP contribution in [-0.2, 0) is 36.8 Å². The van der Waals surface area contributed by atoms with Crippen molar-refractivity contribution in [3.63, 3.8) is 0 Å². The maximum absolute atomic E-state index is 13.1. The van der Waals surface area contributed by atoms with E-state index in [0.29, 0.717) is 11.3 Å². The molecule has 206 valence electrons. The van der Waals surface area contributed by atoms with E-state index in [0.717, 1.165) is 0 Å². The normalized spacial score (nSPS) is 13.9. The van der Waals surface area contributed by atoms with Gasteiger partial charge in [-0.2, -0.15) is 0 Å². The van der Waals surface area contributed by atoms with E-state index in [1.165, 1.54) is 36.8 Å². The number of imidazole rings is 1. The zero-order valence-corrected chi connectivity index (χ0v) is 20.2. The molecule has 3 amide bonds. The number of carbonyl (C=O) groups is 5. The zero-order valence-electron chi connectivity index (χ0n) is 20.2. The summed E-state index contributed by atoms with van der Waals surface area (Å²) in [4.78, 5) is 67.1. The van der Waals surface area contributed by atoms with Gasteiger partial charge in [0.25, 0.3) is 0 Å². The third-order valence-electron chi connectivity index (χ3n) is 5.42. The minimum atomic E-state index is -1.60. The number of phenols is 1. The summed E-state index contributed by atoms with van der Waals surface area (Å²) >= 11 is 0. The summed E-state index contributed by atoms with van der Waals surface area (Å²) < 4.78 is 0. The maximum atomic E-state index is 13.1. The first-order chi connectivity index (χ1) is 18.0. The van der Waals surface area contributed by atoms with Crippen molar-refractivity contribution in [1.82, 2.24) is 25.9 Å². The number of nitrogens with zero attached hydrogens (tertiary/aromatic N) is 1. The van der Waals surface area contributed by atoms with Crippen LogP contribution in [0.3, 0.4) is 0 Å². The molecule has 15 heteroatoms. The molecule has 0 aliphatic rings. The molecular weight excluding hydrogens is 504 g/mol. The molecule has 0 saturated carbocycles. The first kappa shape index (κ1) is 29.7. The van der Waals surface area contributed by atoms with Crippen molar-refractivity contribution in [2.45, 2.75) is 49.9 Å². The monoisotopic (exact) mass is 534 g/mol. The van der Waals surface area contributed by atoms with Crippen LogP contribution in [0.2, 0.25) is 0 Å². The van der Waals surface area contributed by atoms with Crippen molar-refractivity contribution in [1.29, 1.82) is 0 Å². The van der Waals surface area contributed by atoms with E-state index in [2.05, 4.69) is 25.9 Å². The van der Waals surface area contributed by atoms with Gasteiger partial charge in [0.05, 0.1) is 19.0 Å². The Bertz CT molecular complexity index is 1110. The van der Waals surface area contributed by atoms with Crippen molar-refractivity contribution in [2.24, 2.45) is 5.73 Å². The summed E-state index contributed by atoms with van der Waals surface area (Å²) in [6, 6.07) is 0.277. The standard InChI is InChI=1S/C23H30N6O9/c24-15(8-13-9-25-11-26-13)20(34)28-17(7-12-1-3-14(31)4-2-12)21(35)29-18(10-30)22(36)27-16(23(37)38)5-6-19(32)33/h1-4,9,11,15-18,30-31H,5-8,10,24H2,(H,25,26)(H,27,36)(H,28,34)(H,29,35)(H,32,33)(H,37,38). The van der Waals surface area contributed by atoms with Crippen LogP contribution >= 0.6 is 0 Å². The molecule has 0 fully saturated rings. The maximum Gasteiger partial charge on any atom is 0.326 e. The SMILES string of the molecule is NC(Cc1cnc[nH]1)C(=O)NC(Cc1ccc(O)cc1)C(=O)NC(CO)C(=O)NC(CCC(=O)O)C(=O)O. The van der Waals surface area contributed by atoms with Crippen LogP contribution in [0.25, 0.3) is 0 Å². The molecule has 15 nitrogen and oxygen atoms in total. The summed E-state index contributed by atoms with van der Waals surface area (Å²) in [7, 11) is 0. The first-order valence-corrected chi connectivity index (χ1v) is 11.5. The van der Waals surface area contributed by atoms with E-state index in [4.69, 9.17) is 10.8 Å². The number of carboxylic acid groups (broad SMARTS) is 2. The fourth-order valence-electron chi connectivity index (χ4n) is 3.35. The molecule has 0 spiro atoms. The minimum Gasteiger partial charge on any atom is -0.508 e. The van der Waals surface area contributed by atoms with Crippen LogP contribution in [-0.4, -0.2) is 90.8 Å².